The van der Waals surface area contributed by atoms with Crippen molar-refractivity contribution in [2.24, 2.45) is 0 Å². The monoisotopic (exact) mass is 261 g/mol. The second-order valence-corrected chi connectivity index (χ2v) is 3.67. The van der Waals surface area contributed by atoms with Crippen molar-refractivity contribution in [2.45, 2.75) is 6.61 Å². The molecule has 0 aromatic heterocycles. The van der Waals surface area contributed by atoms with E-state index in [1.807, 2.05) is 18.2 Å². The van der Waals surface area contributed by atoms with Gasteiger partial charge in [0.25, 0.3) is 0 Å². The van der Waals surface area contributed by atoms with Gasteiger partial charge >= 0.3 is 0 Å². The molecule has 0 aliphatic rings. The fourth-order valence-electron chi connectivity index (χ4n) is 0.671. The largest absolute Gasteiger partial charge is 0.392 e. The molecule has 1 aromatic carbocycles. The average Bonchev–Trinajstić information content (AvgIpc) is 1.95. The molecule has 0 bridgehead atoms. The maximum absolute atomic E-state index is 8.73. The van der Waals surface area contributed by atoms with Crippen LogP contribution in [0.4, 0.5) is 0 Å². The molecule has 3 heteroatoms. The first-order chi connectivity index (χ1) is 4.74. The van der Waals surface area contributed by atoms with Crippen molar-refractivity contribution < 1.29 is 5.11 Å². The molecule has 1 N–H and O–H groups in total. The van der Waals surface area contributed by atoms with Gasteiger partial charge in [-0.3, -0.25) is 0 Å². The number of hydrogen-bond donors (Lipinski definition) is 1. The predicted molar refractivity (Wildman–Crippen MR) is 50.5 cm³/mol. The third-order valence-corrected chi connectivity index (χ3v) is 3.08. The minimum Gasteiger partial charge on any atom is -0.392 e. The molecule has 1 nitrogen and oxygen atoms in total. The van der Waals surface area contributed by atoms with Gasteiger partial charge in [-0.1, -0.05) is 17.3 Å². The van der Waals surface area contributed by atoms with Crippen LogP contribution in [0.5, 0.6) is 0 Å². The van der Waals surface area contributed by atoms with Crippen LogP contribution >= 0.6 is 22.6 Å². The molecule has 0 aliphatic heterocycles. The van der Waals surface area contributed by atoms with Crippen LogP contribution in [0.3, 0.4) is 0 Å². The Balaban J connectivity index is 3.04. The summed E-state index contributed by atoms with van der Waals surface area (Å²) in [4.78, 5) is 0. The summed E-state index contributed by atoms with van der Waals surface area (Å²) in [6.07, 6.45) is 0. The summed E-state index contributed by atoms with van der Waals surface area (Å²) in [7, 11) is 3.42. The van der Waals surface area contributed by atoms with Crippen LogP contribution in [0.2, 0.25) is 0 Å². The zero-order valence-corrected chi connectivity index (χ0v) is 8.42. The molecule has 0 heterocycles. The average molecular weight is 261 g/mol. The third-order valence-electron chi connectivity index (χ3n) is 1.21. The van der Waals surface area contributed by atoms with E-state index >= 15 is 0 Å². The van der Waals surface area contributed by atoms with Gasteiger partial charge in [-0.15, -0.1) is 0 Å². The fraction of sp³-hybridized carbons (Fsp3) is 0.143. The quantitative estimate of drug-likeness (QED) is 0.579. The van der Waals surface area contributed by atoms with E-state index in [4.69, 9.17) is 5.11 Å². The van der Waals surface area contributed by atoms with Crippen molar-refractivity contribution in [3.63, 3.8) is 0 Å². The van der Waals surface area contributed by atoms with Crippen LogP contribution in [0.25, 0.3) is 0 Å². The molecule has 0 unspecified atom stereocenters. The molecule has 0 saturated heterocycles. The van der Waals surface area contributed by atoms with Crippen LogP contribution in [-0.2, 0) is 6.61 Å². The predicted octanol–water partition coefficient (Wildman–Crippen LogP) is 0.577. The molecule has 51 valence electrons. The van der Waals surface area contributed by atoms with Gasteiger partial charge in [-0.2, -0.15) is 0 Å². The lowest BCUT2D eigenvalue weighted by molar-refractivity contribution is 0.282. The second kappa shape index (κ2) is 3.50. The molecule has 0 amide bonds. The lowest BCUT2D eigenvalue weighted by atomic mass is 10.2. The first-order valence-corrected chi connectivity index (χ1v) is 4.43. The third kappa shape index (κ3) is 1.80. The smallest absolute Gasteiger partial charge is 0.0726 e. The van der Waals surface area contributed by atoms with E-state index in [2.05, 4.69) is 32.8 Å². The first-order valence-electron chi connectivity index (χ1n) is 2.85. The van der Waals surface area contributed by atoms with E-state index < -0.39 is 0 Å². The highest BCUT2D eigenvalue weighted by Gasteiger charge is 1.94. The number of aliphatic hydroxyl groups is 1. The Hall–Kier alpha value is 0.127. The SMILES string of the molecule is OCc1ccc(I)c([Si])c1. The normalized spacial score (nSPS) is 9.90. The Morgan fingerprint density at radius 1 is 1.50 bits per heavy atom. The van der Waals surface area contributed by atoms with Crippen LogP contribution in [0, 0.1) is 3.57 Å². The molecular formula is C7H6IOSi. The molecular weight excluding hydrogens is 255 g/mol. The number of aliphatic hydroxyl groups excluding tert-OH is 1. The summed E-state index contributed by atoms with van der Waals surface area (Å²) in [6, 6.07) is 5.79. The van der Waals surface area contributed by atoms with Gasteiger partial charge in [-0.05, 0) is 34.2 Å². The number of benzene rings is 1. The summed E-state index contributed by atoms with van der Waals surface area (Å²) in [5, 5.41) is 9.76. The molecule has 10 heavy (non-hydrogen) atoms. The molecule has 0 aliphatic carbocycles. The summed E-state index contributed by atoms with van der Waals surface area (Å²) >= 11 is 2.23. The van der Waals surface area contributed by atoms with E-state index in [9.17, 15) is 0 Å². The van der Waals surface area contributed by atoms with E-state index in [0.717, 1.165) is 14.3 Å². The Morgan fingerprint density at radius 2 is 2.20 bits per heavy atom. The van der Waals surface area contributed by atoms with Crippen molar-refractivity contribution in [1.82, 2.24) is 0 Å². The molecule has 0 spiro atoms. The number of hydrogen-bond acceptors (Lipinski definition) is 1. The minimum absolute atomic E-state index is 0.106. The van der Waals surface area contributed by atoms with E-state index in [1.165, 1.54) is 0 Å². The fourth-order valence-corrected chi connectivity index (χ4v) is 1.28. The lowest BCUT2D eigenvalue weighted by Crippen LogP contribution is -2.07. The van der Waals surface area contributed by atoms with Gasteiger partial charge in [-0.25, -0.2) is 0 Å². The van der Waals surface area contributed by atoms with Gasteiger partial charge in [0.1, 0.15) is 0 Å². The molecule has 1 aromatic rings. The van der Waals surface area contributed by atoms with Crippen molar-refractivity contribution >= 4 is 38.0 Å². The highest BCUT2D eigenvalue weighted by molar-refractivity contribution is 14.1. The summed E-state index contributed by atoms with van der Waals surface area (Å²) < 4.78 is 1.16. The Morgan fingerprint density at radius 3 is 2.70 bits per heavy atom. The summed E-state index contributed by atoms with van der Waals surface area (Å²) in [5.41, 5.74) is 0.936. The van der Waals surface area contributed by atoms with Crippen molar-refractivity contribution in [2.75, 3.05) is 0 Å². The summed E-state index contributed by atoms with van der Waals surface area (Å²) in [6.45, 7) is 0.106. The van der Waals surface area contributed by atoms with E-state index in [0.29, 0.717) is 0 Å². The van der Waals surface area contributed by atoms with Gasteiger partial charge in [0.2, 0.25) is 0 Å². The van der Waals surface area contributed by atoms with E-state index in [1.54, 1.807) is 0 Å². The zero-order chi connectivity index (χ0) is 7.56. The van der Waals surface area contributed by atoms with Crippen molar-refractivity contribution in [3.8, 4) is 0 Å². The molecule has 3 radical (unpaired) electrons. The molecule has 0 atom stereocenters. The Kier molecular flexibility index (Phi) is 2.88. The van der Waals surface area contributed by atoms with Gasteiger partial charge in [0.05, 0.1) is 16.8 Å². The van der Waals surface area contributed by atoms with Crippen molar-refractivity contribution in [3.05, 3.63) is 27.3 Å². The highest BCUT2D eigenvalue weighted by atomic mass is 127. The maximum Gasteiger partial charge on any atom is 0.0726 e. The zero-order valence-electron chi connectivity index (χ0n) is 5.26. The highest BCUT2D eigenvalue weighted by Crippen LogP contribution is 2.03. The first kappa shape index (κ1) is 8.23. The Bertz CT molecular complexity index is 237. The minimum atomic E-state index is 0.106. The number of rotatable bonds is 1. The molecule has 0 saturated carbocycles. The standard InChI is InChI=1S/C7H6IOSi/c8-6-2-1-5(4-9)3-7(6)10/h1-3,9H,4H2. The maximum atomic E-state index is 8.73. The number of halogens is 1. The van der Waals surface area contributed by atoms with E-state index in [-0.39, 0.29) is 6.61 Å². The van der Waals surface area contributed by atoms with Crippen molar-refractivity contribution in [1.29, 1.82) is 0 Å². The second-order valence-electron chi connectivity index (χ2n) is 1.97. The van der Waals surface area contributed by atoms with Crippen LogP contribution in [0.15, 0.2) is 18.2 Å². The van der Waals surface area contributed by atoms with Crippen LogP contribution in [0.1, 0.15) is 5.56 Å². The van der Waals surface area contributed by atoms with Crippen LogP contribution in [-0.4, -0.2) is 15.3 Å². The lowest BCUT2D eigenvalue weighted by Gasteiger charge is -1.99. The van der Waals surface area contributed by atoms with Gasteiger partial charge in [0, 0.05) is 3.57 Å². The van der Waals surface area contributed by atoms with Gasteiger partial charge < -0.3 is 5.11 Å². The molecule has 0 fully saturated rings. The Labute approximate surface area is 77.0 Å². The van der Waals surface area contributed by atoms with Gasteiger partial charge in [0.15, 0.2) is 0 Å². The van der Waals surface area contributed by atoms with Crippen LogP contribution < -0.4 is 5.19 Å². The topological polar surface area (TPSA) is 20.2 Å². The summed E-state index contributed by atoms with van der Waals surface area (Å²) in [5.74, 6) is 0. The molecule has 1 rings (SSSR count).